The first kappa shape index (κ1) is 31.0. The molecule has 0 bridgehead atoms. The number of hydrogen-bond donors (Lipinski definition) is 0. The summed E-state index contributed by atoms with van der Waals surface area (Å²) in [6, 6.07) is 66.3. The van der Waals surface area contributed by atoms with Crippen LogP contribution in [0.15, 0.2) is 186 Å². The van der Waals surface area contributed by atoms with Gasteiger partial charge in [0.1, 0.15) is 11.2 Å². The summed E-state index contributed by atoms with van der Waals surface area (Å²) in [6.45, 7) is 0. The molecule has 0 saturated carbocycles. The molecule has 0 N–H and O–H groups in total. The number of benzene rings is 8. The number of para-hydroxylation sites is 3. The van der Waals surface area contributed by atoms with Crippen LogP contribution in [0, 0.1) is 0 Å². The molecule has 0 radical (unpaired) electrons. The topological polar surface area (TPSA) is 19.6 Å². The molecule has 0 aliphatic heterocycles. The normalized spacial score (nSPS) is 15.9. The second kappa shape index (κ2) is 12.2. The number of rotatable bonds is 6. The molecule has 54 heavy (non-hydrogen) atoms. The summed E-state index contributed by atoms with van der Waals surface area (Å²) in [6.07, 6.45) is 4.28. The summed E-state index contributed by atoms with van der Waals surface area (Å²) in [4.78, 5) is 4.97. The Morgan fingerprint density at radius 1 is 0.389 bits per heavy atom. The zero-order chi connectivity index (χ0) is 35.6. The third-order valence-corrected chi connectivity index (χ3v) is 12.0. The Balaban J connectivity index is 1.13. The highest BCUT2D eigenvalue weighted by Crippen LogP contribution is 2.60. The fraction of sp³-hybridized carbons (Fsp3) is 0.0980. The maximum atomic E-state index is 6.48. The van der Waals surface area contributed by atoms with Crippen LogP contribution in [0.2, 0.25) is 0 Å². The lowest BCUT2D eigenvalue weighted by Crippen LogP contribution is -2.27. The molecule has 11 rings (SSSR count). The molecular weight excluding hydrogens is 657 g/mol. The number of furan rings is 1. The predicted octanol–water partition coefficient (Wildman–Crippen LogP) is 13.9. The van der Waals surface area contributed by atoms with Gasteiger partial charge in [-0.1, -0.05) is 103 Å². The molecule has 0 amide bonds. The Bertz CT molecular complexity index is 2800. The Labute approximate surface area is 315 Å². The monoisotopic (exact) mass is 694 g/mol. The van der Waals surface area contributed by atoms with E-state index >= 15 is 0 Å². The average molecular weight is 695 g/mol. The minimum atomic E-state index is -0.141. The molecule has 258 valence electrons. The van der Waals surface area contributed by atoms with Crippen molar-refractivity contribution >= 4 is 66.8 Å². The van der Waals surface area contributed by atoms with Gasteiger partial charge < -0.3 is 14.2 Å². The molecule has 3 heteroatoms. The third kappa shape index (κ3) is 4.75. The highest BCUT2D eigenvalue weighted by Gasteiger charge is 2.49. The molecule has 1 atom stereocenters. The van der Waals surface area contributed by atoms with E-state index < -0.39 is 0 Å². The fourth-order valence-corrected chi connectivity index (χ4v) is 9.69. The van der Waals surface area contributed by atoms with E-state index in [1.54, 1.807) is 0 Å². The van der Waals surface area contributed by atoms with Gasteiger partial charge in [0, 0.05) is 38.9 Å². The molecule has 0 unspecified atom stereocenters. The molecule has 1 spiro atoms. The third-order valence-electron chi connectivity index (χ3n) is 12.0. The van der Waals surface area contributed by atoms with Crippen molar-refractivity contribution in [2.75, 3.05) is 9.80 Å². The lowest BCUT2D eigenvalue weighted by Gasteiger charge is -2.37. The second-order valence-corrected chi connectivity index (χ2v) is 14.9. The van der Waals surface area contributed by atoms with Crippen molar-refractivity contribution in [3.63, 3.8) is 0 Å². The molecule has 9 aromatic rings. The van der Waals surface area contributed by atoms with Crippen LogP contribution in [0.1, 0.15) is 35.1 Å². The quantitative estimate of drug-likeness (QED) is 0.173. The van der Waals surface area contributed by atoms with Gasteiger partial charge in [-0.05, 0) is 138 Å². The SMILES string of the molecule is c1ccc(N(c2ccccc2)c2cccc3c2[C@@]2(CC3)CCc3cccc(N(c4ccccc4)c4ccc5oc6cc7ccccc7cc6c5c4)c32)cc1. The van der Waals surface area contributed by atoms with Crippen LogP contribution < -0.4 is 9.80 Å². The van der Waals surface area contributed by atoms with Crippen LogP contribution >= 0.6 is 0 Å². The van der Waals surface area contributed by atoms with Crippen molar-refractivity contribution in [3.8, 4) is 0 Å². The van der Waals surface area contributed by atoms with Crippen molar-refractivity contribution in [3.05, 3.63) is 204 Å². The van der Waals surface area contributed by atoms with Gasteiger partial charge in [0.05, 0.1) is 11.4 Å². The van der Waals surface area contributed by atoms with E-state index in [0.29, 0.717) is 0 Å². The number of anilines is 6. The average Bonchev–Trinajstić information content (AvgIpc) is 3.92. The van der Waals surface area contributed by atoms with Crippen molar-refractivity contribution in [1.82, 2.24) is 0 Å². The van der Waals surface area contributed by atoms with E-state index in [2.05, 4.69) is 192 Å². The van der Waals surface area contributed by atoms with Gasteiger partial charge in [-0.2, -0.15) is 0 Å². The smallest absolute Gasteiger partial charge is 0.136 e. The molecule has 8 aromatic carbocycles. The van der Waals surface area contributed by atoms with Crippen molar-refractivity contribution in [2.24, 2.45) is 0 Å². The fourth-order valence-electron chi connectivity index (χ4n) is 9.69. The van der Waals surface area contributed by atoms with E-state index in [-0.39, 0.29) is 5.41 Å². The maximum absolute atomic E-state index is 6.48. The Morgan fingerprint density at radius 3 is 1.43 bits per heavy atom. The van der Waals surface area contributed by atoms with Gasteiger partial charge in [-0.3, -0.25) is 0 Å². The largest absolute Gasteiger partial charge is 0.456 e. The van der Waals surface area contributed by atoms with Gasteiger partial charge in [0.15, 0.2) is 0 Å². The molecule has 0 saturated heterocycles. The summed E-state index contributed by atoms with van der Waals surface area (Å²) in [5.41, 5.74) is 14.7. The lowest BCUT2D eigenvalue weighted by molar-refractivity contribution is 0.508. The molecule has 0 fully saturated rings. The summed E-state index contributed by atoms with van der Waals surface area (Å²) >= 11 is 0. The van der Waals surface area contributed by atoms with Crippen molar-refractivity contribution in [1.29, 1.82) is 0 Å². The van der Waals surface area contributed by atoms with Gasteiger partial charge >= 0.3 is 0 Å². The van der Waals surface area contributed by atoms with Crippen LogP contribution in [0.25, 0.3) is 32.7 Å². The minimum absolute atomic E-state index is 0.141. The predicted molar refractivity (Wildman–Crippen MR) is 224 cm³/mol. The first-order valence-electron chi connectivity index (χ1n) is 19.1. The number of aryl methyl sites for hydroxylation is 2. The van der Waals surface area contributed by atoms with Gasteiger partial charge in [0.2, 0.25) is 0 Å². The van der Waals surface area contributed by atoms with E-state index in [1.165, 1.54) is 55.8 Å². The van der Waals surface area contributed by atoms with E-state index in [1.807, 2.05) is 0 Å². The first-order chi connectivity index (χ1) is 26.7. The van der Waals surface area contributed by atoms with Crippen molar-refractivity contribution < 1.29 is 4.42 Å². The van der Waals surface area contributed by atoms with Crippen LogP contribution in [-0.2, 0) is 18.3 Å². The highest BCUT2D eigenvalue weighted by atomic mass is 16.3. The maximum Gasteiger partial charge on any atom is 0.136 e. The molecular formula is C51H38N2O. The van der Waals surface area contributed by atoms with Crippen LogP contribution in [0.5, 0.6) is 0 Å². The zero-order valence-electron chi connectivity index (χ0n) is 30.0. The summed E-state index contributed by atoms with van der Waals surface area (Å²) in [5, 5.41) is 4.68. The molecule has 1 aromatic heterocycles. The van der Waals surface area contributed by atoms with Crippen molar-refractivity contribution in [2.45, 2.75) is 31.1 Å². The summed E-state index contributed by atoms with van der Waals surface area (Å²) in [7, 11) is 0. The number of fused-ring (bicyclic) bond motifs is 8. The molecule has 2 aliphatic rings. The highest BCUT2D eigenvalue weighted by molar-refractivity contribution is 6.11. The first-order valence-corrected chi connectivity index (χ1v) is 19.1. The van der Waals surface area contributed by atoms with Gasteiger partial charge in [-0.25, -0.2) is 0 Å². The van der Waals surface area contributed by atoms with E-state index in [9.17, 15) is 0 Å². The second-order valence-electron chi connectivity index (χ2n) is 14.9. The minimum Gasteiger partial charge on any atom is -0.456 e. The summed E-state index contributed by atoms with van der Waals surface area (Å²) < 4.78 is 6.48. The summed E-state index contributed by atoms with van der Waals surface area (Å²) in [5.74, 6) is 0. The Hall–Kier alpha value is -6.58. The van der Waals surface area contributed by atoms with E-state index in [0.717, 1.165) is 59.0 Å². The Morgan fingerprint density at radius 2 is 0.870 bits per heavy atom. The Kier molecular flexibility index (Phi) is 7.03. The molecule has 2 aliphatic carbocycles. The standard InChI is InChI=1S/C51H38N2O/c1-4-18-39(19-5-1)52(40-20-6-2-7-21-40)45-24-12-16-35-28-30-51(49(35)45)31-29-36-17-13-25-46(50(36)51)53(41-22-8-3-9-23-41)42-26-27-47-44(34-42)43-32-37-14-10-11-15-38(37)33-48(43)54-47/h1-27,32-34H,28-31H2/t51-/m1/s1. The van der Waals surface area contributed by atoms with Crippen LogP contribution in [0.3, 0.4) is 0 Å². The zero-order valence-corrected chi connectivity index (χ0v) is 30.0. The van der Waals surface area contributed by atoms with Crippen LogP contribution in [0.4, 0.5) is 34.1 Å². The lowest BCUT2D eigenvalue weighted by atomic mass is 9.74. The van der Waals surface area contributed by atoms with E-state index in [4.69, 9.17) is 4.42 Å². The molecule has 3 nitrogen and oxygen atoms in total. The number of hydrogen-bond acceptors (Lipinski definition) is 3. The number of nitrogens with zero attached hydrogens (tertiary/aromatic N) is 2. The van der Waals surface area contributed by atoms with Gasteiger partial charge in [0.25, 0.3) is 0 Å². The van der Waals surface area contributed by atoms with Crippen LogP contribution in [-0.4, -0.2) is 0 Å². The van der Waals surface area contributed by atoms with Gasteiger partial charge in [-0.15, -0.1) is 0 Å². The molecule has 1 heterocycles.